The third-order valence-electron chi connectivity index (χ3n) is 11.0. The summed E-state index contributed by atoms with van der Waals surface area (Å²) in [5.41, 5.74) is 2.81. The Kier molecular flexibility index (Phi) is 12.9. The van der Waals surface area contributed by atoms with Gasteiger partial charge < -0.3 is 60.6 Å². The van der Waals surface area contributed by atoms with Gasteiger partial charge >= 0.3 is 11.9 Å². The van der Waals surface area contributed by atoms with Crippen LogP contribution in [0.25, 0.3) is 0 Å². The molecule has 1 saturated heterocycles. The number of methoxy groups -OCH3 is 1. The number of fused-ring (bicyclic) bond motifs is 3. The van der Waals surface area contributed by atoms with Crippen molar-refractivity contribution in [1.29, 1.82) is 0 Å². The van der Waals surface area contributed by atoms with Crippen LogP contribution in [0.2, 0.25) is 0 Å². The van der Waals surface area contributed by atoms with Crippen LogP contribution in [0.15, 0.2) is 53.2 Å². The number of carbonyl (C=O) groups excluding carboxylic acids is 3. The molecule has 57 heavy (non-hydrogen) atoms. The number of aliphatic carboxylic acids is 2. The molecule has 11 N–H and O–H groups in total. The summed E-state index contributed by atoms with van der Waals surface area (Å²) in [6, 6.07) is 1.49. The predicted molar refractivity (Wildman–Crippen MR) is 196 cm³/mol. The number of carboxylic acids is 2. The summed E-state index contributed by atoms with van der Waals surface area (Å²) in [7, 11) is -3.24. The van der Waals surface area contributed by atoms with E-state index < -0.39 is 140 Å². The van der Waals surface area contributed by atoms with E-state index in [2.05, 4.69) is 11.9 Å². The number of aliphatic hydroxyl groups excluding tert-OH is 4. The molecule has 0 aromatic heterocycles. The molecule has 11 atom stereocenters. The number of ether oxygens (including phenoxy) is 3. The molecule has 20 heteroatoms. The molecular weight excluding hydrogens is 775 g/mol. The van der Waals surface area contributed by atoms with Gasteiger partial charge in [0, 0.05) is 54.6 Å². The molecule has 1 heterocycles. The van der Waals surface area contributed by atoms with E-state index in [-0.39, 0.29) is 53.0 Å². The lowest BCUT2D eigenvalue weighted by molar-refractivity contribution is -0.240. The zero-order valence-corrected chi connectivity index (χ0v) is 32.0. The van der Waals surface area contributed by atoms with Gasteiger partial charge in [0.15, 0.2) is 23.6 Å². The van der Waals surface area contributed by atoms with E-state index >= 15 is 0 Å². The quantitative estimate of drug-likeness (QED) is 0.0824. The Labute approximate surface area is 325 Å². The first kappa shape index (κ1) is 43.7. The molecule has 5 rings (SSSR count). The van der Waals surface area contributed by atoms with Crippen molar-refractivity contribution in [2.24, 2.45) is 23.5 Å². The van der Waals surface area contributed by atoms with E-state index in [4.69, 9.17) is 19.9 Å². The van der Waals surface area contributed by atoms with E-state index in [0.29, 0.717) is 0 Å². The van der Waals surface area contributed by atoms with Crippen LogP contribution in [0.3, 0.4) is 0 Å². The Morgan fingerprint density at radius 3 is 2.35 bits per heavy atom. The monoisotopic (exact) mass is 822 g/mol. The molecule has 1 aliphatic heterocycles. The van der Waals surface area contributed by atoms with Crippen molar-refractivity contribution >= 4 is 36.7 Å². The molecule has 7 unspecified atom stereocenters. The third kappa shape index (κ3) is 8.85. The van der Waals surface area contributed by atoms with Gasteiger partial charge in [-0.05, 0) is 19.4 Å². The average molecular weight is 823 g/mol. The summed E-state index contributed by atoms with van der Waals surface area (Å²) in [4.78, 5) is 76.3. The molecule has 1 aromatic carbocycles. The fourth-order valence-electron chi connectivity index (χ4n) is 7.95. The lowest BCUT2D eigenvalue weighted by Gasteiger charge is -2.46. The minimum absolute atomic E-state index is 0.0457. The molecule has 312 valence electrons. The van der Waals surface area contributed by atoms with Crippen molar-refractivity contribution in [2.45, 2.75) is 81.3 Å². The van der Waals surface area contributed by atoms with Gasteiger partial charge in [-0.15, -0.1) is 0 Å². The van der Waals surface area contributed by atoms with Gasteiger partial charge in [0.05, 0.1) is 67.2 Å². The van der Waals surface area contributed by atoms with E-state index in [1.54, 1.807) is 0 Å². The number of nitrogens with two attached hydrogens (primary N) is 1. The van der Waals surface area contributed by atoms with Crippen LogP contribution < -0.4 is 15.8 Å². The fraction of sp³-hybridized carbons (Fsp3) is 0.541. The van der Waals surface area contributed by atoms with Crippen molar-refractivity contribution in [3.05, 3.63) is 64.3 Å². The lowest BCUT2D eigenvalue weighted by Crippen LogP contribution is -2.56. The molecular formula is C37H47N2O17P. The highest BCUT2D eigenvalue weighted by molar-refractivity contribution is 7.58. The number of carbonyl (C=O) groups is 5. The zero-order valence-electron chi connectivity index (χ0n) is 31.1. The topological polar surface area (TPSA) is 330 Å². The van der Waals surface area contributed by atoms with Crippen molar-refractivity contribution in [2.75, 3.05) is 26.0 Å². The second-order valence-corrected chi connectivity index (χ2v) is 17.4. The normalized spacial score (nSPS) is 30.7. The third-order valence-corrected chi connectivity index (χ3v) is 12.9. The largest absolute Gasteiger partial charge is 0.513 e. The van der Waals surface area contributed by atoms with Gasteiger partial charge in [-0.25, -0.2) is 0 Å². The van der Waals surface area contributed by atoms with Gasteiger partial charge in [-0.2, -0.15) is 0 Å². The van der Waals surface area contributed by atoms with E-state index in [1.807, 2.05) is 0 Å². The maximum Gasteiger partial charge on any atom is 0.321 e. The highest BCUT2D eigenvalue weighted by atomic mass is 31.2. The fourth-order valence-corrected chi connectivity index (χ4v) is 9.98. The first-order valence-corrected chi connectivity index (χ1v) is 20.1. The van der Waals surface area contributed by atoms with Crippen molar-refractivity contribution in [1.82, 2.24) is 5.32 Å². The first-order valence-electron chi connectivity index (χ1n) is 18.1. The SMILES string of the molecule is C=C(O)CCC(CP(=O)(O)CC(NCC(=O)[C@@]1(O)CC2=C(O)C3C(=O)c4cccc(OC)c4C(=O)C3C(O)=C2[C@H](O[C@H]2CC(N)C(O)[C@@H](C)O2)C1)C(=O)O)C(=O)O. The van der Waals surface area contributed by atoms with Crippen molar-refractivity contribution in [3.8, 4) is 5.75 Å². The molecule has 2 fully saturated rings. The number of carboxylic acid groups (broad SMARTS) is 2. The number of hydrogen-bond acceptors (Lipinski definition) is 16. The Morgan fingerprint density at radius 2 is 1.75 bits per heavy atom. The highest BCUT2D eigenvalue weighted by Crippen LogP contribution is 2.52. The minimum Gasteiger partial charge on any atom is -0.513 e. The smallest absolute Gasteiger partial charge is 0.321 e. The van der Waals surface area contributed by atoms with Crippen LogP contribution in [-0.2, 0) is 28.4 Å². The van der Waals surface area contributed by atoms with Crippen LogP contribution in [0.4, 0.5) is 0 Å². The van der Waals surface area contributed by atoms with Crippen LogP contribution in [-0.4, -0.2) is 138 Å². The zero-order chi connectivity index (χ0) is 42.3. The van der Waals surface area contributed by atoms with Gasteiger partial charge in [0.2, 0.25) is 7.37 Å². The standard InChI is InChI=1S/C37H47N2O17P/c1-15(40)7-8-17(35(47)48)13-57(52,53)14-21(36(49)50)39-12-24(41)37(51)10-19-27(23(11-37)56-25-9-20(38)30(42)16(2)55-25)34(46)29-28(32(19)44)31(43)18-5-4-6-22(54-3)26(18)33(29)45/h4-6,16-17,20-21,23,25,28-30,39-40,42,44,46,51H,1,7-14,38H2,2-3H3,(H,47,48)(H,49,50)(H,52,53)/t16-,17?,20?,21?,23-,25+,28?,29?,30?,37-/m1/s1. The molecule has 1 aromatic rings. The predicted octanol–water partition coefficient (Wildman–Crippen LogP) is 1.11. The maximum atomic E-state index is 14.0. The van der Waals surface area contributed by atoms with E-state index in [0.717, 1.165) is 0 Å². The number of nitrogens with one attached hydrogen (secondary N) is 1. The van der Waals surface area contributed by atoms with Gasteiger partial charge in [0.25, 0.3) is 0 Å². The number of aliphatic hydroxyl groups is 5. The molecule has 0 bridgehead atoms. The summed E-state index contributed by atoms with van der Waals surface area (Å²) in [5, 5.41) is 77.0. The Hall–Kier alpha value is -4.46. The number of hydrogen-bond donors (Lipinski definition) is 10. The number of rotatable bonds is 16. The summed E-state index contributed by atoms with van der Waals surface area (Å²) in [6.45, 7) is 3.82. The number of Topliss-reactive ketones (excluding diaryl/α,β-unsaturated/α-hetero) is 3. The van der Waals surface area contributed by atoms with Gasteiger partial charge in [-0.3, -0.25) is 33.9 Å². The molecule has 0 radical (unpaired) electrons. The van der Waals surface area contributed by atoms with Crippen LogP contribution in [0, 0.1) is 17.8 Å². The van der Waals surface area contributed by atoms with E-state index in [1.165, 1.54) is 32.2 Å². The van der Waals surface area contributed by atoms with Gasteiger partial charge in [0.1, 0.15) is 28.9 Å². The Morgan fingerprint density at radius 1 is 1.09 bits per heavy atom. The van der Waals surface area contributed by atoms with Crippen molar-refractivity contribution in [3.63, 3.8) is 0 Å². The summed E-state index contributed by atoms with van der Waals surface area (Å²) in [5.74, 6) is -12.3. The second-order valence-electron chi connectivity index (χ2n) is 15.0. The maximum absolute atomic E-state index is 14.0. The molecule has 0 amide bonds. The van der Waals surface area contributed by atoms with Gasteiger partial charge in [-0.1, -0.05) is 18.7 Å². The number of ketones is 3. The molecule has 19 nitrogen and oxygen atoms in total. The average Bonchev–Trinajstić information content (AvgIpc) is 3.13. The van der Waals surface area contributed by atoms with Crippen LogP contribution in [0.5, 0.6) is 5.75 Å². The number of benzene rings is 1. The van der Waals surface area contributed by atoms with Crippen LogP contribution in [0.1, 0.15) is 59.7 Å². The summed E-state index contributed by atoms with van der Waals surface area (Å²) >= 11 is 0. The second kappa shape index (κ2) is 16.8. The first-order chi connectivity index (χ1) is 26.6. The molecule has 0 spiro atoms. The summed E-state index contributed by atoms with van der Waals surface area (Å²) < 4.78 is 30.3. The molecule has 3 aliphatic carbocycles. The Balaban J connectivity index is 1.46. The van der Waals surface area contributed by atoms with Crippen molar-refractivity contribution < 1.29 is 83.4 Å². The number of allylic oxidation sites excluding steroid dienone is 3. The minimum atomic E-state index is -4.53. The van der Waals surface area contributed by atoms with E-state index in [9.17, 15) is 69.2 Å². The Bertz CT molecular complexity index is 1950. The summed E-state index contributed by atoms with van der Waals surface area (Å²) in [6.07, 6.45) is -8.58. The molecule has 1 saturated carbocycles. The van der Waals surface area contributed by atoms with Crippen LogP contribution >= 0.6 is 7.37 Å². The lowest BCUT2D eigenvalue weighted by atomic mass is 9.63. The highest BCUT2D eigenvalue weighted by Gasteiger charge is 2.57. The molecule has 4 aliphatic rings.